The van der Waals surface area contributed by atoms with Crippen molar-refractivity contribution in [2.75, 3.05) is 21.1 Å². The van der Waals surface area contributed by atoms with Gasteiger partial charge in [0.05, 0.1) is 27.2 Å². The van der Waals surface area contributed by atoms with Crippen LogP contribution in [0.25, 0.3) is 0 Å². The van der Waals surface area contributed by atoms with E-state index >= 15 is 0 Å². The first kappa shape index (κ1) is 22.9. The van der Waals surface area contributed by atoms with E-state index in [2.05, 4.69) is 12.2 Å². The SMILES string of the molecule is CCCCCCCCCCCC(=O)NC(C)C(C(=O)[O-])[N+](C)(C)C. The Balaban J connectivity index is 3.87. The van der Waals surface area contributed by atoms with Crippen LogP contribution in [0.15, 0.2) is 0 Å². The molecule has 0 aromatic heterocycles. The number of amides is 1. The van der Waals surface area contributed by atoms with E-state index in [1.165, 1.54) is 44.9 Å². The van der Waals surface area contributed by atoms with Crippen molar-refractivity contribution < 1.29 is 19.2 Å². The Bertz CT molecular complexity index is 364. The van der Waals surface area contributed by atoms with Gasteiger partial charge in [-0.25, -0.2) is 0 Å². The molecule has 142 valence electrons. The van der Waals surface area contributed by atoms with Gasteiger partial charge in [-0.1, -0.05) is 58.3 Å². The number of carboxylic acid groups (broad SMARTS) is 1. The summed E-state index contributed by atoms with van der Waals surface area (Å²) in [4.78, 5) is 23.3. The van der Waals surface area contributed by atoms with Gasteiger partial charge in [-0.2, -0.15) is 0 Å². The quantitative estimate of drug-likeness (QED) is 0.389. The van der Waals surface area contributed by atoms with Crippen LogP contribution in [0.4, 0.5) is 0 Å². The van der Waals surface area contributed by atoms with Crippen LogP contribution < -0.4 is 10.4 Å². The lowest BCUT2D eigenvalue weighted by Gasteiger charge is -2.38. The maximum atomic E-state index is 12.0. The molecule has 1 N–H and O–H groups in total. The molecule has 0 aromatic carbocycles. The van der Waals surface area contributed by atoms with Crippen LogP contribution in [0.1, 0.15) is 78.1 Å². The van der Waals surface area contributed by atoms with E-state index in [-0.39, 0.29) is 10.4 Å². The Labute approximate surface area is 148 Å². The molecule has 24 heavy (non-hydrogen) atoms. The molecule has 0 bridgehead atoms. The molecular formula is C19H38N2O3. The zero-order chi connectivity index (χ0) is 18.6. The first-order valence-electron chi connectivity index (χ1n) is 9.51. The fraction of sp³-hybridized carbons (Fsp3) is 0.895. The van der Waals surface area contributed by atoms with E-state index in [9.17, 15) is 14.7 Å². The molecule has 0 aromatic rings. The van der Waals surface area contributed by atoms with Crippen LogP contribution in [0, 0.1) is 0 Å². The number of nitrogens with one attached hydrogen (secondary N) is 1. The van der Waals surface area contributed by atoms with Crippen molar-refractivity contribution in [1.29, 1.82) is 0 Å². The summed E-state index contributed by atoms with van der Waals surface area (Å²) in [6.45, 7) is 3.96. The highest BCUT2D eigenvalue weighted by atomic mass is 16.4. The summed E-state index contributed by atoms with van der Waals surface area (Å²) in [5.41, 5.74) is 0. The highest BCUT2D eigenvalue weighted by Gasteiger charge is 2.32. The predicted octanol–water partition coefficient (Wildman–Crippen LogP) is 2.24. The first-order chi connectivity index (χ1) is 11.2. The number of quaternary nitrogens is 1. The van der Waals surface area contributed by atoms with E-state index in [0.717, 1.165) is 12.8 Å². The maximum Gasteiger partial charge on any atom is 0.220 e. The lowest BCUT2D eigenvalue weighted by molar-refractivity contribution is -0.890. The third kappa shape index (κ3) is 10.6. The Morgan fingerprint density at radius 1 is 0.917 bits per heavy atom. The van der Waals surface area contributed by atoms with Crippen molar-refractivity contribution in [2.24, 2.45) is 0 Å². The van der Waals surface area contributed by atoms with Crippen LogP contribution in [0.3, 0.4) is 0 Å². The molecule has 0 rings (SSSR count). The Morgan fingerprint density at radius 2 is 1.38 bits per heavy atom. The summed E-state index contributed by atoms with van der Waals surface area (Å²) in [5.74, 6) is -1.19. The minimum atomic E-state index is -1.13. The van der Waals surface area contributed by atoms with Gasteiger partial charge in [0.2, 0.25) is 5.91 Å². The number of unbranched alkanes of at least 4 members (excludes halogenated alkanes) is 8. The molecule has 0 aliphatic carbocycles. The molecule has 0 aliphatic rings. The average Bonchev–Trinajstić information content (AvgIpc) is 2.43. The normalized spacial score (nSPS) is 14.2. The fourth-order valence-electron chi connectivity index (χ4n) is 3.19. The molecule has 0 radical (unpaired) electrons. The molecule has 1 amide bonds. The van der Waals surface area contributed by atoms with Crippen LogP contribution in [-0.4, -0.2) is 49.6 Å². The molecular weight excluding hydrogens is 304 g/mol. The van der Waals surface area contributed by atoms with Crippen molar-refractivity contribution in [1.82, 2.24) is 5.32 Å². The Hall–Kier alpha value is -1.10. The highest BCUT2D eigenvalue weighted by molar-refractivity contribution is 5.78. The van der Waals surface area contributed by atoms with Crippen molar-refractivity contribution in [3.63, 3.8) is 0 Å². The van der Waals surface area contributed by atoms with Gasteiger partial charge in [-0.3, -0.25) is 4.79 Å². The number of hydrogen-bond donors (Lipinski definition) is 1. The van der Waals surface area contributed by atoms with Crippen molar-refractivity contribution >= 4 is 11.9 Å². The second-order valence-electron chi connectivity index (χ2n) is 7.81. The minimum Gasteiger partial charge on any atom is -0.544 e. The first-order valence-corrected chi connectivity index (χ1v) is 9.51. The van der Waals surface area contributed by atoms with Gasteiger partial charge in [-0.15, -0.1) is 0 Å². The number of likely N-dealkylation sites (N-methyl/N-ethyl adjacent to an activating group) is 1. The zero-order valence-corrected chi connectivity index (χ0v) is 16.4. The topological polar surface area (TPSA) is 69.2 Å². The van der Waals surface area contributed by atoms with Gasteiger partial charge >= 0.3 is 0 Å². The van der Waals surface area contributed by atoms with E-state index in [4.69, 9.17) is 0 Å². The number of carboxylic acids is 1. The van der Waals surface area contributed by atoms with Crippen LogP contribution in [0.2, 0.25) is 0 Å². The largest absolute Gasteiger partial charge is 0.544 e. The Kier molecular flexibility index (Phi) is 11.7. The monoisotopic (exact) mass is 342 g/mol. The predicted molar refractivity (Wildman–Crippen MR) is 96.3 cm³/mol. The van der Waals surface area contributed by atoms with Crippen molar-refractivity contribution in [3.05, 3.63) is 0 Å². The molecule has 2 atom stereocenters. The maximum absolute atomic E-state index is 12.0. The number of hydrogen-bond acceptors (Lipinski definition) is 3. The van der Waals surface area contributed by atoms with Crippen LogP contribution in [-0.2, 0) is 9.59 Å². The highest BCUT2D eigenvalue weighted by Crippen LogP contribution is 2.11. The molecule has 0 aliphatic heterocycles. The molecule has 5 nitrogen and oxygen atoms in total. The van der Waals surface area contributed by atoms with E-state index < -0.39 is 18.1 Å². The van der Waals surface area contributed by atoms with Crippen molar-refractivity contribution in [3.8, 4) is 0 Å². The molecule has 2 unspecified atom stereocenters. The molecule has 0 heterocycles. The summed E-state index contributed by atoms with van der Waals surface area (Å²) in [6.07, 6.45) is 11.4. The molecule has 5 heteroatoms. The van der Waals surface area contributed by atoms with Gasteiger partial charge in [0, 0.05) is 6.42 Å². The number of carbonyl (C=O) groups is 2. The van der Waals surface area contributed by atoms with Gasteiger partial charge in [0.1, 0.15) is 12.0 Å². The number of carbonyl (C=O) groups excluding carboxylic acids is 2. The molecule has 0 fully saturated rings. The van der Waals surface area contributed by atoms with Gasteiger partial charge in [-0.05, 0) is 13.3 Å². The van der Waals surface area contributed by atoms with Crippen LogP contribution >= 0.6 is 0 Å². The summed E-state index contributed by atoms with van der Waals surface area (Å²) in [7, 11) is 5.39. The standard InChI is InChI=1S/C19H38N2O3/c1-6-7-8-9-10-11-12-13-14-15-17(22)20-16(2)18(19(23)24)21(3,4)5/h16,18H,6-15H2,1-5H3,(H-,20,22,23,24). The summed E-state index contributed by atoms with van der Waals surface area (Å²) >= 11 is 0. The van der Waals surface area contributed by atoms with Gasteiger partial charge in [0.15, 0.2) is 0 Å². The summed E-state index contributed by atoms with van der Waals surface area (Å²) in [6, 6.07) is -1.20. The fourth-order valence-corrected chi connectivity index (χ4v) is 3.19. The van der Waals surface area contributed by atoms with Crippen molar-refractivity contribution in [2.45, 2.75) is 90.1 Å². The zero-order valence-electron chi connectivity index (χ0n) is 16.4. The van der Waals surface area contributed by atoms with E-state index in [1.54, 1.807) is 28.1 Å². The van der Waals surface area contributed by atoms with Gasteiger partial charge < -0.3 is 19.7 Å². The smallest absolute Gasteiger partial charge is 0.220 e. The average molecular weight is 343 g/mol. The molecule has 0 saturated heterocycles. The summed E-state index contributed by atoms with van der Waals surface area (Å²) < 4.78 is 0.224. The third-order valence-electron chi connectivity index (χ3n) is 4.45. The summed E-state index contributed by atoms with van der Waals surface area (Å²) in [5, 5.41) is 14.1. The minimum absolute atomic E-state index is 0.0647. The number of rotatable bonds is 14. The van der Waals surface area contributed by atoms with E-state index in [1.807, 2.05) is 0 Å². The molecule has 0 saturated carbocycles. The van der Waals surface area contributed by atoms with Crippen LogP contribution in [0.5, 0.6) is 0 Å². The van der Waals surface area contributed by atoms with Gasteiger partial charge in [0.25, 0.3) is 0 Å². The second kappa shape index (κ2) is 12.3. The molecule has 0 spiro atoms. The lowest BCUT2D eigenvalue weighted by atomic mass is 10.1. The number of aliphatic carboxylic acids is 1. The third-order valence-corrected chi connectivity index (χ3v) is 4.45. The number of nitrogens with zero attached hydrogens (tertiary/aromatic N) is 1. The Morgan fingerprint density at radius 3 is 1.79 bits per heavy atom. The lowest BCUT2D eigenvalue weighted by Crippen LogP contribution is -2.63. The second-order valence-corrected chi connectivity index (χ2v) is 7.81. The van der Waals surface area contributed by atoms with E-state index in [0.29, 0.717) is 6.42 Å².